The summed E-state index contributed by atoms with van der Waals surface area (Å²) in [6.45, 7) is 5.55. The molecule has 1 aliphatic carbocycles. The molecule has 0 radical (unpaired) electrons. The summed E-state index contributed by atoms with van der Waals surface area (Å²) in [6.07, 6.45) is 6.47. The molecular formula is C18H24N4O. The van der Waals surface area contributed by atoms with Gasteiger partial charge < -0.3 is 4.74 Å². The highest BCUT2D eigenvalue weighted by atomic mass is 16.5. The van der Waals surface area contributed by atoms with E-state index < -0.39 is 0 Å². The topological polar surface area (TPSA) is 43.2 Å². The van der Waals surface area contributed by atoms with Gasteiger partial charge in [-0.1, -0.05) is 6.07 Å². The number of nitrogens with zero attached hydrogens (tertiary/aromatic N) is 4. The van der Waals surface area contributed by atoms with E-state index in [-0.39, 0.29) is 0 Å². The average Bonchev–Trinajstić information content (AvgIpc) is 3.31. The lowest BCUT2D eigenvalue weighted by Crippen LogP contribution is -2.30. The molecule has 5 nitrogen and oxygen atoms in total. The summed E-state index contributed by atoms with van der Waals surface area (Å²) in [5, 5.41) is 4.48. The normalized spacial score (nSPS) is 21.8. The molecule has 0 aromatic carbocycles. The van der Waals surface area contributed by atoms with Gasteiger partial charge in [0, 0.05) is 51.1 Å². The van der Waals surface area contributed by atoms with Gasteiger partial charge in [-0.15, -0.1) is 0 Å². The van der Waals surface area contributed by atoms with E-state index in [4.69, 9.17) is 4.74 Å². The Kier molecular flexibility index (Phi) is 4.39. The number of fused-ring (bicyclic) bond motifs is 1. The van der Waals surface area contributed by atoms with E-state index >= 15 is 0 Å². The van der Waals surface area contributed by atoms with Crippen molar-refractivity contribution >= 4 is 0 Å². The lowest BCUT2D eigenvalue weighted by atomic mass is 10.1. The van der Waals surface area contributed by atoms with Crippen LogP contribution in [-0.4, -0.2) is 39.4 Å². The number of rotatable bonds is 6. The second-order valence-electron chi connectivity index (χ2n) is 6.84. The molecule has 122 valence electrons. The van der Waals surface area contributed by atoms with Crippen molar-refractivity contribution in [1.82, 2.24) is 19.7 Å². The van der Waals surface area contributed by atoms with Gasteiger partial charge in [-0.05, 0) is 37.0 Å². The van der Waals surface area contributed by atoms with Crippen molar-refractivity contribution in [2.75, 3.05) is 19.8 Å². The molecule has 2 aromatic rings. The van der Waals surface area contributed by atoms with Gasteiger partial charge in [-0.25, -0.2) is 0 Å². The quantitative estimate of drug-likeness (QED) is 0.821. The third-order valence-corrected chi connectivity index (χ3v) is 4.65. The second-order valence-corrected chi connectivity index (χ2v) is 6.84. The van der Waals surface area contributed by atoms with Gasteiger partial charge in [-0.3, -0.25) is 14.6 Å². The van der Waals surface area contributed by atoms with Gasteiger partial charge in [0.05, 0.1) is 18.0 Å². The minimum atomic E-state index is 0.485. The smallest absolute Gasteiger partial charge is 0.0544 e. The van der Waals surface area contributed by atoms with Crippen molar-refractivity contribution in [3.05, 3.63) is 48.0 Å². The van der Waals surface area contributed by atoms with Crippen LogP contribution in [0.4, 0.5) is 0 Å². The molecule has 3 heterocycles. The van der Waals surface area contributed by atoms with Crippen molar-refractivity contribution in [3.8, 4) is 0 Å². The van der Waals surface area contributed by atoms with E-state index in [9.17, 15) is 0 Å². The first-order chi connectivity index (χ1) is 11.4. The lowest BCUT2D eigenvalue weighted by molar-refractivity contribution is 0.0694. The number of pyridine rings is 1. The van der Waals surface area contributed by atoms with Gasteiger partial charge in [0.25, 0.3) is 0 Å². The summed E-state index contributed by atoms with van der Waals surface area (Å²) in [6, 6.07) is 8.25. The minimum Gasteiger partial charge on any atom is -0.381 e. The molecule has 0 spiro atoms. The van der Waals surface area contributed by atoms with Gasteiger partial charge in [0.15, 0.2) is 0 Å². The van der Waals surface area contributed by atoms with E-state index in [2.05, 4.69) is 37.9 Å². The van der Waals surface area contributed by atoms with E-state index in [1.54, 1.807) is 0 Å². The van der Waals surface area contributed by atoms with Gasteiger partial charge in [0.1, 0.15) is 0 Å². The molecule has 1 aliphatic heterocycles. The third kappa shape index (κ3) is 3.98. The second kappa shape index (κ2) is 6.81. The summed E-state index contributed by atoms with van der Waals surface area (Å²) < 4.78 is 8.10. The first-order valence-electron chi connectivity index (χ1n) is 8.57. The van der Waals surface area contributed by atoms with Crippen molar-refractivity contribution in [2.45, 2.75) is 32.5 Å². The molecule has 1 atom stereocenters. The number of ether oxygens (including phenoxy) is 1. The molecule has 0 saturated heterocycles. The SMILES string of the molecule is c1ccc(CN2Cc3ccnn3C[C@@H](COCC3CC3)C2)nc1. The molecular weight excluding hydrogens is 288 g/mol. The molecule has 2 aromatic heterocycles. The van der Waals surface area contributed by atoms with Crippen molar-refractivity contribution in [3.63, 3.8) is 0 Å². The predicted octanol–water partition coefficient (Wildman–Crippen LogP) is 2.34. The summed E-state index contributed by atoms with van der Waals surface area (Å²) in [4.78, 5) is 6.94. The predicted molar refractivity (Wildman–Crippen MR) is 87.6 cm³/mol. The summed E-state index contributed by atoms with van der Waals surface area (Å²) >= 11 is 0. The highest BCUT2D eigenvalue weighted by molar-refractivity contribution is 5.06. The van der Waals surface area contributed by atoms with Crippen molar-refractivity contribution in [2.24, 2.45) is 11.8 Å². The fraction of sp³-hybridized carbons (Fsp3) is 0.556. The number of hydrogen-bond acceptors (Lipinski definition) is 4. The first-order valence-corrected chi connectivity index (χ1v) is 8.57. The minimum absolute atomic E-state index is 0.485. The maximum absolute atomic E-state index is 5.96. The van der Waals surface area contributed by atoms with Gasteiger partial charge >= 0.3 is 0 Å². The van der Waals surface area contributed by atoms with Crippen LogP contribution in [0.2, 0.25) is 0 Å². The zero-order chi connectivity index (χ0) is 15.5. The molecule has 0 amide bonds. The standard InChI is InChI=1S/C18H24N4O/c1-2-7-19-17(3-1)11-21-9-16(14-23-13-15-4-5-15)10-22-18(12-21)6-8-20-22/h1-3,6-8,15-16H,4-5,9-14H2/t16-/m0/s1. The van der Waals surface area contributed by atoms with Gasteiger partial charge in [0.2, 0.25) is 0 Å². The first kappa shape index (κ1) is 14.8. The average molecular weight is 312 g/mol. The van der Waals surface area contributed by atoms with Crippen LogP contribution < -0.4 is 0 Å². The van der Waals surface area contributed by atoms with Crippen LogP contribution in [0, 0.1) is 11.8 Å². The number of hydrogen-bond donors (Lipinski definition) is 0. The summed E-state index contributed by atoms with van der Waals surface area (Å²) in [5.41, 5.74) is 2.41. The Morgan fingerprint density at radius 3 is 2.78 bits per heavy atom. The molecule has 5 heteroatoms. The fourth-order valence-electron chi connectivity index (χ4n) is 3.25. The molecule has 1 fully saturated rings. The van der Waals surface area contributed by atoms with Crippen LogP contribution >= 0.6 is 0 Å². The highest BCUT2D eigenvalue weighted by Gasteiger charge is 2.25. The Morgan fingerprint density at radius 1 is 1.04 bits per heavy atom. The maximum atomic E-state index is 5.96. The number of aromatic nitrogens is 3. The van der Waals surface area contributed by atoms with Crippen LogP contribution in [0.3, 0.4) is 0 Å². The Bertz CT molecular complexity index is 623. The molecule has 0 unspecified atom stereocenters. The van der Waals surface area contributed by atoms with E-state index in [1.165, 1.54) is 18.5 Å². The van der Waals surface area contributed by atoms with E-state index in [0.29, 0.717) is 5.92 Å². The lowest BCUT2D eigenvalue weighted by Gasteiger charge is -2.23. The van der Waals surface area contributed by atoms with Crippen LogP contribution in [0.1, 0.15) is 24.2 Å². The Labute approximate surface area is 137 Å². The van der Waals surface area contributed by atoms with Crippen LogP contribution in [0.25, 0.3) is 0 Å². The fourth-order valence-corrected chi connectivity index (χ4v) is 3.25. The zero-order valence-corrected chi connectivity index (χ0v) is 13.5. The van der Waals surface area contributed by atoms with E-state index in [1.807, 2.05) is 18.5 Å². The van der Waals surface area contributed by atoms with Crippen LogP contribution in [0.5, 0.6) is 0 Å². The summed E-state index contributed by atoms with van der Waals surface area (Å²) in [7, 11) is 0. The van der Waals surface area contributed by atoms with Crippen LogP contribution in [-0.2, 0) is 24.4 Å². The third-order valence-electron chi connectivity index (χ3n) is 4.65. The molecule has 0 bridgehead atoms. The largest absolute Gasteiger partial charge is 0.381 e. The van der Waals surface area contributed by atoms with E-state index in [0.717, 1.165) is 51.0 Å². The summed E-state index contributed by atoms with van der Waals surface area (Å²) in [5.74, 6) is 1.31. The molecule has 4 rings (SSSR count). The Hall–Kier alpha value is -1.72. The molecule has 23 heavy (non-hydrogen) atoms. The molecule has 2 aliphatic rings. The Morgan fingerprint density at radius 2 is 1.96 bits per heavy atom. The zero-order valence-electron chi connectivity index (χ0n) is 13.5. The molecule has 0 N–H and O–H groups in total. The Balaban J connectivity index is 1.42. The monoisotopic (exact) mass is 312 g/mol. The highest BCUT2D eigenvalue weighted by Crippen LogP contribution is 2.29. The molecule has 1 saturated carbocycles. The van der Waals surface area contributed by atoms with Crippen LogP contribution in [0.15, 0.2) is 36.7 Å². The van der Waals surface area contributed by atoms with Crippen molar-refractivity contribution in [1.29, 1.82) is 0 Å². The maximum Gasteiger partial charge on any atom is 0.0544 e. The van der Waals surface area contributed by atoms with Gasteiger partial charge in [-0.2, -0.15) is 5.10 Å². The van der Waals surface area contributed by atoms with Crippen molar-refractivity contribution < 1.29 is 4.74 Å².